The summed E-state index contributed by atoms with van der Waals surface area (Å²) in [6.45, 7) is 2.17. The summed E-state index contributed by atoms with van der Waals surface area (Å²) in [7, 11) is 0. The topological polar surface area (TPSA) is 67.2 Å². The average molecular weight is 348 g/mol. The number of carbonyl (C=O) groups is 1. The fourth-order valence-corrected chi connectivity index (χ4v) is 3.52. The highest BCUT2D eigenvalue weighted by Gasteiger charge is 2.27. The summed E-state index contributed by atoms with van der Waals surface area (Å²) >= 11 is 6.13. The molecule has 0 aliphatic heterocycles. The third-order valence-electron chi connectivity index (χ3n) is 4.47. The fourth-order valence-electron chi connectivity index (χ4n) is 3.32. The van der Waals surface area contributed by atoms with Gasteiger partial charge in [0.15, 0.2) is 5.76 Å². The van der Waals surface area contributed by atoms with Crippen molar-refractivity contribution in [3.8, 4) is 0 Å². The Morgan fingerprint density at radius 1 is 1.38 bits per heavy atom. The number of nitrogens with zero attached hydrogens (tertiary/aromatic N) is 1. The second-order valence-electron chi connectivity index (χ2n) is 6.34. The van der Waals surface area contributed by atoms with Crippen molar-refractivity contribution in [1.29, 1.82) is 0 Å². The summed E-state index contributed by atoms with van der Waals surface area (Å²) in [6.07, 6.45) is 4.67. The van der Waals surface area contributed by atoms with Crippen LogP contribution >= 0.6 is 11.6 Å². The highest BCUT2D eigenvalue weighted by atomic mass is 35.5. The van der Waals surface area contributed by atoms with Gasteiger partial charge in [-0.15, -0.1) is 0 Å². The van der Waals surface area contributed by atoms with E-state index in [9.17, 15) is 4.79 Å². The summed E-state index contributed by atoms with van der Waals surface area (Å²) in [5.74, 6) is 1.09. The van der Waals surface area contributed by atoms with E-state index in [1.165, 1.54) is 12.8 Å². The summed E-state index contributed by atoms with van der Waals surface area (Å²) < 4.78 is 5.11. The lowest BCUT2D eigenvalue weighted by Crippen LogP contribution is -2.39. The van der Waals surface area contributed by atoms with Crippen LogP contribution in [0, 0.1) is 12.8 Å². The number of hydrogen-bond acceptors (Lipinski definition) is 3. The molecule has 6 heteroatoms. The maximum atomic E-state index is 12.3. The molecule has 0 bridgehead atoms. The van der Waals surface area contributed by atoms with E-state index in [0.29, 0.717) is 23.2 Å². The zero-order chi connectivity index (χ0) is 16.9. The Balaban J connectivity index is 1.65. The fraction of sp³-hybridized carbons (Fsp3) is 0.444. The minimum Gasteiger partial charge on any atom is -0.359 e. The Morgan fingerprint density at radius 2 is 2.17 bits per heavy atom. The lowest BCUT2D eigenvalue weighted by Gasteiger charge is -2.25. The average Bonchev–Trinajstić information content (AvgIpc) is 3.22. The number of benzene rings is 1. The summed E-state index contributed by atoms with van der Waals surface area (Å²) in [6, 6.07) is 9.31. The normalized spacial score (nSPS) is 16.1. The number of carbonyl (C=O) groups excluding carboxylic acids is 1. The lowest BCUT2D eigenvalue weighted by molar-refractivity contribution is 0.229. The van der Waals surface area contributed by atoms with Gasteiger partial charge in [0.2, 0.25) is 0 Å². The van der Waals surface area contributed by atoms with Crippen LogP contribution in [0.2, 0.25) is 5.02 Å². The van der Waals surface area contributed by atoms with Crippen LogP contribution in [0.15, 0.2) is 34.9 Å². The zero-order valence-corrected chi connectivity index (χ0v) is 14.5. The molecule has 5 nitrogen and oxygen atoms in total. The highest BCUT2D eigenvalue weighted by molar-refractivity contribution is 6.30. The molecule has 128 valence electrons. The molecule has 1 saturated carbocycles. The Labute approximate surface area is 146 Å². The van der Waals surface area contributed by atoms with Gasteiger partial charge >= 0.3 is 6.03 Å². The predicted octanol–water partition coefficient (Wildman–Crippen LogP) is 4.37. The van der Waals surface area contributed by atoms with E-state index in [1.807, 2.05) is 37.3 Å². The van der Waals surface area contributed by atoms with E-state index in [4.69, 9.17) is 16.1 Å². The molecule has 0 radical (unpaired) electrons. The van der Waals surface area contributed by atoms with Gasteiger partial charge in [-0.2, -0.15) is 0 Å². The van der Waals surface area contributed by atoms with Gasteiger partial charge in [-0.25, -0.2) is 4.79 Å². The molecule has 1 atom stereocenters. The van der Waals surface area contributed by atoms with Crippen molar-refractivity contribution in [2.45, 2.75) is 45.2 Å². The number of halogens is 1. The van der Waals surface area contributed by atoms with Crippen LogP contribution < -0.4 is 10.6 Å². The summed E-state index contributed by atoms with van der Waals surface area (Å²) in [4.78, 5) is 12.3. The second kappa shape index (κ2) is 7.71. The molecular weight excluding hydrogens is 326 g/mol. The molecule has 0 unspecified atom stereocenters. The lowest BCUT2D eigenvalue weighted by atomic mass is 9.92. The van der Waals surface area contributed by atoms with Gasteiger partial charge in [0, 0.05) is 11.1 Å². The molecule has 2 amide bonds. The Hall–Kier alpha value is -2.01. The van der Waals surface area contributed by atoms with Crippen molar-refractivity contribution < 1.29 is 9.32 Å². The quantitative estimate of drug-likeness (QED) is 0.844. The van der Waals surface area contributed by atoms with E-state index in [2.05, 4.69) is 15.8 Å². The van der Waals surface area contributed by atoms with Crippen LogP contribution in [0.25, 0.3) is 0 Å². The third-order valence-corrected chi connectivity index (χ3v) is 4.70. The van der Waals surface area contributed by atoms with E-state index in [-0.39, 0.29) is 12.1 Å². The summed E-state index contributed by atoms with van der Waals surface area (Å²) in [5, 5.41) is 10.4. The second-order valence-corrected chi connectivity index (χ2v) is 6.78. The largest absolute Gasteiger partial charge is 0.359 e. The third kappa shape index (κ3) is 4.29. The first-order valence-electron chi connectivity index (χ1n) is 8.34. The van der Waals surface area contributed by atoms with Crippen molar-refractivity contribution in [2.75, 3.05) is 0 Å². The monoisotopic (exact) mass is 347 g/mol. The number of amides is 2. The number of urea groups is 1. The number of hydrogen-bond donors (Lipinski definition) is 2. The predicted molar refractivity (Wildman–Crippen MR) is 92.8 cm³/mol. The van der Waals surface area contributed by atoms with Crippen LogP contribution in [0.4, 0.5) is 4.79 Å². The van der Waals surface area contributed by atoms with Gasteiger partial charge in [-0.1, -0.05) is 41.7 Å². The van der Waals surface area contributed by atoms with Crippen LogP contribution in [-0.2, 0) is 6.54 Å². The van der Waals surface area contributed by atoms with E-state index in [0.717, 1.165) is 24.1 Å². The van der Waals surface area contributed by atoms with Crippen molar-refractivity contribution in [2.24, 2.45) is 5.92 Å². The van der Waals surface area contributed by atoms with Gasteiger partial charge < -0.3 is 15.2 Å². The van der Waals surface area contributed by atoms with Crippen LogP contribution in [0.1, 0.15) is 48.7 Å². The first kappa shape index (κ1) is 16.8. The molecule has 1 aliphatic carbocycles. The first-order valence-corrected chi connectivity index (χ1v) is 8.71. The minimum absolute atomic E-state index is 0.0253. The molecule has 1 aliphatic rings. The Kier molecular flexibility index (Phi) is 5.41. The maximum Gasteiger partial charge on any atom is 0.315 e. The summed E-state index contributed by atoms with van der Waals surface area (Å²) in [5.41, 5.74) is 1.86. The minimum atomic E-state index is -0.207. The van der Waals surface area contributed by atoms with Crippen molar-refractivity contribution in [3.05, 3.63) is 52.4 Å². The molecular formula is C18H22ClN3O2. The standard InChI is InChI=1S/C18H22ClN3O2/c1-12-9-16(24-22-12)11-20-18(23)21-17(13-5-2-3-6-13)14-7-4-8-15(19)10-14/h4,7-10,13,17H,2-3,5-6,11H2,1H3,(H2,20,21,23)/t17-/m0/s1. The van der Waals surface area contributed by atoms with Crippen molar-refractivity contribution in [1.82, 2.24) is 15.8 Å². The first-order chi connectivity index (χ1) is 11.6. The molecule has 0 saturated heterocycles. The van der Waals surface area contributed by atoms with Crippen LogP contribution in [0.3, 0.4) is 0 Å². The molecule has 1 aromatic heterocycles. The van der Waals surface area contributed by atoms with Crippen LogP contribution in [0.5, 0.6) is 0 Å². The van der Waals surface area contributed by atoms with Gasteiger partial charge in [0.05, 0.1) is 18.3 Å². The van der Waals surface area contributed by atoms with Gasteiger partial charge in [0.1, 0.15) is 0 Å². The molecule has 1 heterocycles. The molecule has 2 aromatic rings. The highest BCUT2D eigenvalue weighted by Crippen LogP contribution is 2.36. The molecule has 0 spiro atoms. The zero-order valence-electron chi connectivity index (χ0n) is 13.7. The van der Waals surface area contributed by atoms with Gasteiger partial charge in [-0.3, -0.25) is 0 Å². The number of nitrogens with one attached hydrogen (secondary N) is 2. The van der Waals surface area contributed by atoms with Crippen molar-refractivity contribution in [3.63, 3.8) is 0 Å². The maximum absolute atomic E-state index is 12.3. The van der Waals surface area contributed by atoms with E-state index >= 15 is 0 Å². The van der Waals surface area contributed by atoms with Crippen molar-refractivity contribution >= 4 is 17.6 Å². The van der Waals surface area contributed by atoms with E-state index in [1.54, 1.807) is 0 Å². The molecule has 2 N–H and O–H groups in total. The SMILES string of the molecule is Cc1cc(CNC(=O)N[C@H](c2cccc(Cl)c2)C2CCCC2)on1. The Morgan fingerprint density at radius 3 is 2.83 bits per heavy atom. The molecule has 24 heavy (non-hydrogen) atoms. The molecule has 1 aromatic carbocycles. The molecule has 1 fully saturated rings. The smallest absolute Gasteiger partial charge is 0.315 e. The number of aryl methyl sites for hydroxylation is 1. The Bertz CT molecular complexity index is 695. The number of aromatic nitrogens is 1. The van der Waals surface area contributed by atoms with Gasteiger partial charge in [-0.05, 0) is 43.4 Å². The number of rotatable bonds is 5. The molecule has 3 rings (SSSR count). The van der Waals surface area contributed by atoms with E-state index < -0.39 is 0 Å². The van der Waals surface area contributed by atoms with Gasteiger partial charge in [0.25, 0.3) is 0 Å². The van der Waals surface area contributed by atoms with Crippen LogP contribution in [-0.4, -0.2) is 11.2 Å².